The SMILES string of the molecule is O=C(CC(O)C(=O)O[SeH])O[SeH]. The molecule has 0 heterocycles. The van der Waals surface area contributed by atoms with Crippen LogP contribution < -0.4 is 0 Å². The summed E-state index contributed by atoms with van der Waals surface area (Å²) in [4.78, 5) is 20.9. The summed E-state index contributed by atoms with van der Waals surface area (Å²) in [6.45, 7) is 0. The molecule has 0 aromatic carbocycles. The van der Waals surface area contributed by atoms with Gasteiger partial charge in [0.25, 0.3) is 0 Å². The summed E-state index contributed by atoms with van der Waals surface area (Å²) in [7, 11) is 0. The van der Waals surface area contributed by atoms with Crippen molar-refractivity contribution in [1.82, 2.24) is 0 Å². The van der Waals surface area contributed by atoms with E-state index in [1.165, 1.54) is 16.3 Å². The second-order valence-electron chi connectivity index (χ2n) is 1.59. The van der Waals surface area contributed by atoms with E-state index in [9.17, 15) is 9.59 Å². The third kappa shape index (κ3) is 4.39. The molecule has 1 atom stereocenters. The Balaban J connectivity index is 3.77. The Morgan fingerprint density at radius 1 is 1.36 bits per heavy atom. The Hall–Kier alpha value is -0.0610. The number of carbonyl (C=O) groups excluding carboxylic acids is 2. The molecule has 64 valence electrons. The van der Waals surface area contributed by atoms with Crippen molar-refractivity contribution in [2.45, 2.75) is 12.5 Å². The standard InChI is InChI=1S/C4H6O5Se2/c5-2(4(7)9-11)1-3(6)8-10/h2,5,10-11H,1H2. The Morgan fingerprint density at radius 3 is 2.27 bits per heavy atom. The molecule has 0 amide bonds. The number of hydrogen-bond acceptors (Lipinski definition) is 5. The molecule has 0 aromatic rings. The van der Waals surface area contributed by atoms with Gasteiger partial charge < -0.3 is 0 Å². The summed E-state index contributed by atoms with van der Waals surface area (Å²) in [6, 6.07) is 0. The third-order valence-electron chi connectivity index (χ3n) is 0.824. The average molecular weight is 292 g/mol. The Labute approximate surface area is 79.7 Å². The van der Waals surface area contributed by atoms with E-state index in [2.05, 4.69) is 7.64 Å². The first-order chi connectivity index (χ1) is 5.11. The molecule has 0 aliphatic carbocycles. The van der Waals surface area contributed by atoms with Gasteiger partial charge in [0.05, 0.1) is 0 Å². The normalized spacial score (nSPS) is 11.9. The molecular formula is C4H6O5Se2. The molecule has 0 fully saturated rings. The van der Waals surface area contributed by atoms with E-state index in [-0.39, 0.29) is 0 Å². The minimum absolute atomic E-state index is 0.397. The van der Waals surface area contributed by atoms with Crippen LogP contribution in [0.5, 0.6) is 0 Å². The van der Waals surface area contributed by atoms with Crippen molar-refractivity contribution >= 4 is 44.6 Å². The minimum atomic E-state index is -1.45. The van der Waals surface area contributed by atoms with Crippen molar-refractivity contribution in [1.29, 1.82) is 0 Å². The van der Waals surface area contributed by atoms with Crippen molar-refractivity contribution in [2.75, 3.05) is 0 Å². The quantitative estimate of drug-likeness (QED) is 0.580. The molecule has 11 heavy (non-hydrogen) atoms. The molecule has 0 saturated heterocycles. The van der Waals surface area contributed by atoms with Gasteiger partial charge in [-0.05, 0) is 0 Å². The van der Waals surface area contributed by atoms with Crippen molar-refractivity contribution in [3.8, 4) is 0 Å². The zero-order valence-electron chi connectivity index (χ0n) is 5.26. The molecule has 0 saturated carbocycles. The first kappa shape index (κ1) is 10.9. The van der Waals surface area contributed by atoms with Crippen LogP contribution >= 0.6 is 0 Å². The summed E-state index contributed by atoms with van der Waals surface area (Å²) in [5.41, 5.74) is 0. The second-order valence-corrected chi connectivity index (χ2v) is 2.36. The van der Waals surface area contributed by atoms with Crippen LogP contribution in [0.3, 0.4) is 0 Å². The maximum absolute atomic E-state index is 10.5. The van der Waals surface area contributed by atoms with E-state index in [4.69, 9.17) is 5.11 Å². The van der Waals surface area contributed by atoms with E-state index >= 15 is 0 Å². The topological polar surface area (TPSA) is 72.8 Å². The van der Waals surface area contributed by atoms with Crippen LogP contribution in [-0.2, 0) is 17.2 Å². The van der Waals surface area contributed by atoms with Gasteiger partial charge in [0.2, 0.25) is 0 Å². The van der Waals surface area contributed by atoms with E-state index in [0.717, 1.165) is 0 Å². The zero-order chi connectivity index (χ0) is 8.85. The van der Waals surface area contributed by atoms with E-state index < -0.39 is 24.5 Å². The number of carbonyl (C=O) groups is 2. The molecule has 0 aliphatic rings. The van der Waals surface area contributed by atoms with Gasteiger partial charge in [-0.1, -0.05) is 0 Å². The fourth-order valence-corrected chi connectivity index (χ4v) is 0.751. The van der Waals surface area contributed by atoms with Crippen LogP contribution in [0.2, 0.25) is 0 Å². The van der Waals surface area contributed by atoms with Crippen LogP contribution in [0, 0.1) is 0 Å². The molecule has 0 bridgehead atoms. The number of hydrogen-bond donors (Lipinski definition) is 1. The summed E-state index contributed by atoms with van der Waals surface area (Å²) in [5.74, 6) is -1.56. The monoisotopic (exact) mass is 294 g/mol. The first-order valence-electron chi connectivity index (χ1n) is 2.49. The Morgan fingerprint density at radius 2 is 1.91 bits per heavy atom. The van der Waals surface area contributed by atoms with Gasteiger partial charge in [0, 0.05) is 0 Å². The van der Waals surface area contributed by atoms with Gasteiger partial charge in [-0.2, -0.15) is 0 Å². The van der Waals surface area contributed by atoms with E-state index in [0.29, 0.717) is 0 Å². The van der Waals surface area contributed by atoms with Crippen LogP contribution in [0.4, 0.5) is 0 Å². The number of aliphatic hydroxyl groups is 1. The van der Waals surface area contributed by atoms with Gasteiger partial charge in [-0.15, -0.1) is 0 Å². The van der Waals surface area contributed by atoms with Gasteiger partial charge in [0.15, 0.2) is 0 Å². The maximum atomic E-state index is 10.5. The molecule has 0 radical (unpaired) electrons. The van der Waals surface area contributed by atoms with Gasteiger partial charge in [-0.3, -0.25) is 0 Å². The van der Waals surface area contributed by atoms with Crippen molar-refractivity contribution in [3.05, 3.63) is 0 Å². The number of aliphatic hydroxyl groups excluding tert-OH is 1. The molecule has 7 heteroatoms. The Bertz CT molecular complexity index is 159. The summed E-state index contributed by atoms with van der Waals surface area (Å²) < 4.78 is 8.23. The number of rotatable bonds is 3. The summed E-state index contributed by atoms with van der Waals surface area (Å²) >= 11 is 3.12. The van der Waals surface area contributed by atoms with Crippen molar-refractivity contribution in [3.63, 3.8) is 0 Å². The molecule has 5 nitrogen and oxygen atoms in total. The van der Waals surface area contributed by atoms with Crippen LogP contribution in [0.15, 0.2) is 0 Å². The average Bonchev–Trinajstić information content (AvgIpc) is 2.02. The molecular weight excluding hydrogens is 286 g/mol. The summed E-state index contributed by atoms with van der Waals surface area (Å²) in [6.07, 6.45) is -1.85. The van der Waals surface area contributed by atoms with Gasteiger partial charge in [-0.25, -0.2) is 0 Å². The summed E-state index contributed by atoms with van der Waals surface area (Å²) in [5, 5.41) is 8.83. The van der Waals surface area contributed by atoms with Crippen molar-refractivity contribution < 1.29 is 22.3 Å². The third-order valence-corrected chi connectivity index (χ3v) is 1.63. The fourth-order valence-electron chi connectivity index (χ4n) is 0.339. The van der Waals surface area contributed by atoms with Crippen LogP contribution in [-0.4, -0.2) is 55.8 Å². The predicted molar refractivity (Wildman–Crippen MR) is 37.1 cm³/mol. The van der Waals surface area contributed by atoms with E-state index in [1.807, 2.05) is 0 Å². The molecule has 0 aliphatic heterocycles. The van der Waals surface area contributed by atoms with Crippen LogP contribution in [0.25, 0.3) is 0 Å². The predicted octanol–water partition coefficient (Wildman–Crippen LogP) is -2.54. The fraction of sp³-hybridized carbons (Fsp3) is 0.500. The van der Waals surface area contributed by atoms with Crippen molar-refractivity contribution in [2.24, 2.45) is 0 Å². The molecule has 1 unspecified atom stereocenters. The molecule has 0 spiro atoms. The van der Waals surface area contributed by atoms with Crippen LogP contribution in [0.1, 0.15) is 6.42 Å². The molecule has 0 aromatic heterocycles. The van der Waals surface area contributed by atoms with Gasteiger partial charge in [0.1, 0.15) is 0 Å². The second kappa shape index (κ2) is 5.57. The van der Waals surface area contributed by atoms with E-state index in [1.54, 1.807) is 16.3 Å². The molecule has 0 rings (SSSR count). The van der Waals surface area contributed by atoms with Gasteiger partial charge >= 0.3 is 79.5 Å². The molecule has 1 N–H and O–H groups in total. The Kier molecular flexibility index (Phi) is 5.54. The zero-order valence-corrected chi connectivity index (χ0v) is 9.01. The first-order valence-corrected chi connectivity index (χ1v) is 4.02.